The molecular weight excluding hydrogens is 420 g/mol. The molecule has 3 rings (SSSR count). The molecule has 174 valence electrons. The Labute approximate surface area is 193 Å². The maximum absolute atomic E-state index is 12.3. The average Bonchev–Trinajstić information content (AvgIpc) is 3.31. The number of carbonyl (C=O) groups excluding carboxylic acids is 2. The van der Waals surface area contributed by atoms with E-state index in [-0.39, 0.29) is 24.2 Å². The summed E-state index contributed by atoms with van der Waals surface area (Å²) < 4.78 is 10.7. The van der Waals surface area contributed by atoms with Crippen LogP contribution in [0.4, 0.5) is 5.69 Å². The number of rotatable bonds is 11. The number of anilines is 1. The van der Waals surface area contributed by atoms with Crippen LogP contribution >= 0.6 is 0 Å². The van der Waals surface area contributed by atoms with Crippen molar-refractivity contribution >= 4 is 17.5 Å². The molecule has 1 unspecified atom stereocenters. The number of hydrogen-bond donors (Lipinski definition) is 2. The van der Waals surface area contributed by atoms with Gasteiger partial charge < -0.3 is 19.9 Å². The van der Waals surface area contributed by atoms with E-state index in [1.165, 1.54) is 0 Å². The highest BCUT2D eigenvalue weighted by Crippen LogP contribution is 2.20. The smallest absolute Gasteiger partial charge is 0.227 e. The molecule has 0 aliphatic carbocycles. The molecule has 3 aromatic rings. The highest BCUT2D eigenvalue weighted by atomic mass is 16.5. The largest absolute Gasteiger partial charge is 0.494 e. The molecular formula is C25H30N4O4. The molecule has 0 bridgehead atoms. The average molecular weight is 451 g/mol. The normalized spacial score (nSPS) is 11.6. The number of nitrogens with zero attached hydrogens (tertiary/aromatic N) is 2. The van der Waals surface area contributed by atoms with Crippen molar-refractivity contribution in [1.82, 2.24) is 15.5 Å². The number of aryl methyl sites for hydroxylation is 1. The van der Waals surface area contributed by atoms with Crippen molar-refractivity contribution in [1.29, 1.82) is 0 Å². The van der Waals surface area contributed by atoms with Gasteiger partial charge in [0.2, 0.25) is 23.5 Å². The van der Waals surface area contributed by atoms with Crippen LogP contribution in [0.25, 0.3) is 11.4 Å². The fourth-order valence-electron chi connectivity index (χ4n) is 3.06. The van der Waals surface area contributed by atoms with Crippen LogP contribution in [0, 0.1) is 5.92 Å². The van der Waals surface area contributed by atoms with Gasteiger partial charge in [0.15, 0.2) is 0 Å². The molecule has 0 fully saturated rings. The maximum atomic E-state index is 12.3. The fourth-order valence-corrected chi connectivity index (χ4v) is 3.06. The second kappa shape index (κ2) is 11.8. The minimum Gasteiger partial charge on any atom is -0.494 e. The van der Waals surface area contributed by atoms with E-state index >= 15 is 0 Å². The third kappa shape index (κ3) is 7.17. The van der Waals surface area contributed by atoms with Gasteiger partial charge in [-0.15, -0.1) is 0 Å². The summed E-state index contributed by atoms with van der Waals surface area (Å²) in [6, 6.07) is 14.9. The van der Waals surface area contributed by atoms with E-state index < -0.39 is 0 Å². The number of hydrogen-bond acceptors (Lipinski definition) is 6. The Morgan fingerprint density at radius 1 is 1.12 bits per heavy atom. The van der Waals surface area contributed by atoms with E-state index in [9.17, 15) is 9.59 Å². The lowest BCUT2D eigenvalue weighted by molar-refractivity contribution is -0.121. The molecule has 2 aromatic carbocycles. The van der Waals surface area contributed by atoms with Crippen LogP contribution in [0.3, 0.4) is 0 Å². The summed E-state index contributed by atoms with van der Waals surface area (Å²) in [6.45, 7) is 6.78. The zero-order chi connectivity index (χ0) is 23.6. The summed E-state index contributed by atoms with van der Waals surface area (Å²) in [4.78, 5) is 28.7. The van der Waals surface area contributed by atoms with Crippen LogP contribution in [0.2, 0.25) is 0 Å². The van der Waals surface area contributed by atoms with Gasteiger partial charge in [-0.05, 0) is 55.3 Å². The van der Waals surface area contributed by atoms with E-state index in [1.807, 2.05) is 69.3 Å². The number of carbonyl (C=O) groups is 2. The molecule has 0 aliphatic rings. The Kier molecular flexibility index (Phi) is 8.57. The van der Waals surface area contributed by atoms with Gasteiger partial charge in [-0.25, -0.2) is 0 Å². The quantitative estimate of drug-likeness (QED) is 0.449. The zero-order valence-electron chi connectivity index (χ0n) is 19.3. The standard InChI is InChI=1S/C25H30N4O4/c1-4-17(3)25(31)27-20-8-6-7-18(15-20)16-26-22(30)13-14-23-28-24(29-33-23)19-9-11-21(12-10-19)32-5-2/h6-12,15,17H,4-5,13-14,16H2,1-3H3,(H,26,30)(H,27,31). The first-order valence-corrected chi connectivity index (χ1v) is 11.2. The van der Waals surface area contributed by atoms with E-state index in [0.29, 0.717) is 31.3 Å². The van der Waals surface area contributed by atoms with Gasteiger partial charge in [-0.1, -0.05) is 31.1 Å². The second-order valence-corrected chi connectivity index (χ2v) is 7.74. The highest BCUT2D eigenvalue weighted by Gasteiger charge is 2.12. The van der Waals surface area contributed by atoms with Crippen molar-refractivity contribution in [3.63, 3.8) is 0 Å². The highest BCUT2D eigenvalue weighted by molar-refractivity contribution is 5.92. The van der Waals surface area contributed by atoms with Crippen LogP contribution in [-0.2, 0) is 22.6 Å². The SMILES string of the molecule is CCOc1ccc(-c2noc(CCC(=O)NCc3cccc(NC(=O)C(C)CC)c3)n2)cc1. The molecule has 0 aliphatic heterocycles. The van der Waals surface area contributed by atoms with Crippen molar-refractivity contribution in [3.05, 3.63) is 60.0 Å². The number of ether oxygens (including phenoxy) is 1. The van der Waals surface area contributed by atoms with Crippen molar-refractivity contribution in [2.75, 3.05) is 11.9 Å². The van der Waals surface area contributed by atoms with Crippen molar-refractivity contribution in [3.8, 4) is 17.1 Å². The molecule has 0 spiro atoms. The van der Waals surface area contributed by atoms with Crippen LogP contribution in [-0.4, -0.2) is 28.6 Å². The van der Waals surface area contributed by atoms with Gasteiger partial charge in [0.05, 0.1) is 6.61 Å². The van der Waals surface area contributed by atoms with Gasteiger partial charge in [0, 0.05) is 36.6 Å². The summed E-state index contributed by atoms with van der Waals surface area (Å²) in [6.07, 6.45) is 1.36. The third-order valence-electron chi connectivity index (χ3n) is 5.20. The second-order valence-electron chi connectivity index (χ2n) is 7.74. The molecule has 8 nitrogen and oxygen atoms in total. The lowest BCUT2D eigenvalue weighted by Crippen LogP contribution is -2.23. The number of benzene rings is 2. The molecule has 33 heavy (non-hydrogen) atoms. The first kappa shape index (κ1) is 24.0. The molecule has 0 saturated heterocycles. The minimum atomic E-state index is -0.120. The zero-order valence-corrected chi connectivity index (χ0v) is 19.3. The third-order valence-corrected chi connectivity index (χ3v) is 5.20. The van der Waals surface area contributed by atoms with Crippen LogP contribution in [0.5, 0.6) is 5.75 Å². The van der Waals surface area contributed by atoms with Crippen LogP contribution < -0.4 is 15.4 Å². The summed E-state index contributed by atoms with van der Waals surface area (Å²) in [5.41, 5.74) is 2.44. The number of amides is 2. The first-order valence-electron chi connectivity index (χ1n) is 11.2. The van der Waals surface area contributed by atoms with Crippen molar-refractivity contribution < 1.29 is 18.8 Å². The number of aromatic nitrogens is 2. The predicted molar refractivity (Wildman–Crippen MR) is 126 cm³/mol. The molecule has 2 amide bonds. The van der Waals surface area contributed by atoms with Gasteiger partial charge in [-0.3, -0.25) is 9.59 Å². The van der Waals surface area contributed by atoms with Crippen molar-refractivity contribution in [2.24, 2.45) is 5.92 Å². The lowest BCUT2D eigenvalue weighted by atomic mass is 10.1. The summed E-state index contributed by atoms with van der Waals surface area (Å²) in [7, 11) is 0. The van der Waals surface area contributed by atoms with E-state index in [2.05, 4.69) is 20.8 Å². The summed E-state index contributed by atoms with van der Waals surface area (Å²) in [5.74, 6) is 1.49. The molecule has 1 heterocycles. The Morgan fingerprint density at radius 3 is 2.64 bits per heavy atom. The van der Waals surface area contributed by atoms with Crippen LogP contribution in [0.15, 0.2) is 53.1 Å². The molecule has 0 radical (unpaired) electrons. The molecule has 8 heteroatoms. The summed E-state index contributed by atoms with van der Waals surface area (Å²) >= 11 is 0. The van der Waals surface area contributed by atoms with Gasteiger partial charge in [0.1, 0.15) is 5.75 Å². The van der Waals surface area contributed by atoms with Crippen molar-refractivity contribution in [2.45, 2.75) is 46.6 Å². The Hall–Kier alpha value is -3.68. The molecule has 1 atom stereocenters. The molecule has 1 aromatic heterocycles. The van der Waals surface area contributed by atoms with E-state index in [0.717, 1.165) is 29.0 Å². The van der Waals surface area contributed by atoms with Gasteiger partial charge in [-0.2, -0.15) is 4.98 Å². The maximum Gasteiger partial charge on any atom is 0.227 e. The Bertz CT molecular complexity index is 1060. The van der Waals surface area contributed by atoms with Gasteiger partial charge in [0.25, 0.3) is 0 Å². The topological polar surface area (TPSA) is 106 Å². The lowest BCUT2D eigenvalue weighted by Gasteiger charge is -2.11. The Morgan fingerprint density at radius 2 is 1.91 bits per heavy atom. The summed E-state index contributed by atoms with van der Waals surface area (Å²) in [5, 5.41) is 9.78. The predicted octanol–water partition coefficient (Wildman–Crippen LogP) is 4.37. The van der Waals surface area contributed by atoms with Gasteiger partial charge >= 0.3 is 0 Å². The minimum absolute atomic E-state index is 0.0113. The molecule has 2 N–H and O–H groups in total. The Balaban J connectivity index is 1.46. The number of nitrogens with one attached hydrogen (secondary N) is 2. The first-order chi connectivity index (χ1) is 16.0. The van der Waals surface area contributed by atoms with E-state index in [4.69, 9.17) is 9.26 Å². The fraction of sp³-hybridized carbons (Fsp3) is 0.360. The monoisotopic (exact) mass is 450 g/mol. The van der Waals surface area contributed by atoms with Crippen LogP contribution in [0.1, 0.15) is 45.1 Å². The molecule has 0 saturated carbocycles. The van der Waals surface area contributed by atoms with E-state index in [1.54, 1.807) is 0 Å².